The van der Waals surface area contributed by atoms with Crippen LogP contribution in [-0.4, -0.2) is 11.1 Å². The molecule has 0 spiro atoms. The molecule has 1 aliphatic rings. The van der Waals surface area contributed by atoms with Crippen LogP contribution in [0.15, 0.2) is 11.6 Å². The van der Waals surface area contributed by atoms with Gasteiger partial charge in [-0.1, -0.05) is 11.6 Å². The number of aliphatic carboxylic acids is 1. The maximum absolute atomic E-state index is 10.1. The fraction of sp³-hybridized carbons (Fsp3) is 0.500. The summed E-state index contributed by atoms with van der Waals surface area (Å²) in [4.78, 5) is 10.1. The van der Waals surface area contributed by atoms with Crippen molar-refractivity contribution in [3.8, 4) is 0 Å². The van der Waals surface area contributed by atoms with E-state index in [2.05, 4.69) is 0 Å². The first-order chi connectivity index (χ1) is 3.75. The first kappa shape index (κ1) is 5.35. The Balaban J connectivity index is 2.49. The van der Waals surface area contributed by atoms with Crippen molar-refractivity contribution in [1.82, 2.24) is 0 Å². The van der Waals surface area contributed by atoms with E-state index >= 15 is 0 Å². The van der Waals surface area contributed by atoms with Crippen molar-refractivity contribution in [2.45, 2.75) is 13.3 Å². The van der Waals surface area contributed by atoms with Crippen LogP contribution < -0.4 is 0 Å². The summed E-state index contributed by atoms with van der Waals surface area (Å²) in [6.45, 7) is 1.87. The molecule has 0 heterocycles. The van der Waals surface area contributed by atoms with Crippen molar-refractivity contribution in [3.05, 3.63) is 11.6 Å². The third kappa shape index (κ3) is 0.735. The van der Waals surface area contributed by atoms with Crippen LogP contribution in [-0.2, 0) is 4.79 Å². The zero-order valence-electron chi connectivity index (χ0n) is 4.72. The fourth-order valence-electron chi connectivity index (χ4n) is 0.742. The highest BCUT2D eigenvalue weighted by atomic mass is 16.4. The van der Waals surface area contributed by atoms with Gasteiger partial charge in [-0.05, 0) is 13.3 Å². The molecule has 2 heteroatoms. The number of hydrogen-bond donors (Lipinski definition) is 1. The third-order valence-electron chi connectivity index (χ3n) is 1.40. The third-order valence-corrected chi connectivity index (χ3v) is 1.40. The first-order valence-electron chi connectivity index (χ1n) is 2.63. The Kier molecular flexibility index (Phi) is 1.08. The molecule has 1 atom stereocenters. The van der Waals surface area contributed by atoms with Gasteiger partial charge in [0, 0.05) is 0 Å². The average Bonchev–Trinajstić information content (AvgIpc) is 2.42. The molecule has 2 nitrogen and oxygen atoms in total. The second kappa shape index (κ2) is 1.62. The highest BCUT2D eigenvalue weighted by molar-refractivity contribution is 5.78. The van der Waals surface area contributed by atoms with Gasteiger partial charge in [0.2, 0.25) is 0 Å². The van der Waals surface area contributed by atoms with Crippen LogP contribution in [0.4, 0.5) is 0 Å². The first-order valence-corrected chi connectivity index (χ1v) is 2.63. The molecule has 1 fully saturated rings. The predicted molar refractivity (Wildman–Crippen MR) is 29.5 cm³/mol. The summed E-state index contributed by atoms with van der Waals surface area (Å²) >= 11 is 0. The molecule has 1 aliphatic carbocycles. The van der Waals surface area contributed by atoms with Crippen LogP contribution in [0.5, 0.6) is 0 Å². The molecule has 44 valence electrons. The van der Waals surface area contributed by atoms with E-state index in [-0.39, 0.29) is 5.92 Å². The summed E-state index contributed by atoms with van der Waals surface area (Å²) in [6.07, 6.45) is 2.64. The minimum atomic E-state index is -0.682. The maximum Gasteiger partial charge on any atom is 0.310 e. The summed E-state index contributed by atoms with van der Waals surface area (Å²) in [7, 11) is 0. The molecular formula is C6H8O2. The molecule has 1 saturated carbocycles. The van der Waals surface area contributed by atoms with Crippen molar-refractivity contribution in [1.29, 1.82) is 0 Å². The number of allylic oxidation sites excluding steroid dienone is 1. The summed E-state index contributed by atoms with van der Waals surface area (Å²) in [5.41, 5.74) is 1.07. The van der Waals surface area contributed by atoms with Crippen LogP contribution in [0, 0.1) is 5.92 Å². The van der Waals surface area contributed by atoms with E-state index in [4.69, 9.17) is 5.11 Å². The highest BCUT2D eigenvalue weighted by Gasteiger charge is 2.35. The standard InChI is InChI=1S/C6H8O2/c1-2-4-3-5(4)6(7)8/h2,5H,3H2,1H3,(H,7,8)/b4-2-. The van der Waals surface area contributed by atoms with E-state index in [0.717, 1.165) is 12.0 Å². The van der Waals surface area contributed by atoms with Gasteiger partial charge < -0.3 is 5.11 Å². The fourth-order valence-corrected chi connectivity index (χ4v) is 0.742. The highest BCUT2D eigenvalue weighted by Crippen LogP contribution is 2.37. The Morgan fingerprint density at radius 1 is 2.00 bits per heavy atom. The van der Waals surface area contributed by atoms with Gasteiger partial charge in [-0.25, -0.2) is 0 Å². The topological polar surface area (TPSA) is 37.3 Å². The largest absolute Gasteiger partial charge is 0.481 e. The number of hydrogen-bond acceptors (Lipinski definition) is 1. The van der Waals surface area contributed by atoms with Crippen LogP contribution in [0.25, 0.3) is 0 Å². The molecule has 0 bridgehead atoms. The Hall–Kier alpha value is -0.790. The van der Waals surface area contributed by atoms with Gasteiger partial charge in [-0.2, -0.15) is 0 Å². The van der Waals surface area contributed by atoms with Crippen LogP contribution in [0.3, 0.4) is 0 Å². The molecule has 0 aromatic rings. The van der Waals surface area contributed by atoms with Crippen molar-refractivity contribution >= 4 is 5.97 Å². The van der Waals surface area contributed by atoms with Crippen LogP contribution >= 0.6 is 0 Å². The normalized spacial score (nSPS) is 30.6. The predicted octanol–water partition coefficient (Wildman–Crippen LogP) is 1.04. The van der Waals surface area contributed by atoms with Gasteiger partial charge in [-0.15, -0.1) is 0 Å². The summed E-state index contributed by atoms with van der Waals surface area (Å²) in [5, 5.41) is 8.31. The molecule has 0 aliphatic heterocycles. The zero-order valence-corrected chi connectivity index (χ0v) is 4.72. The molecule has 1 N–H and O–H groups in total. The lowest BCUT2D eigenvalue weighted by Crippen LogP contribution is -1.95. The van der Waals surface area contributed by atoms with E-state index in [1.165, 1.54) is 0 Å². The Bertz CT molecular complexity index is 147. The summed E-state index contributed by atoms with van der Waals surface area (Å²) in [6, 6.07) is 0. The second-order valence-electron chi connectivity index (χ2n) is 1.96. The summed E-state index contributed by atoms with van der Waals surface area (Å²) in [5.74, 6) is -0.821. The molecule has 0 radical (unpaired) electrons. The van der Waals surface area contributed by atoms with E-state index in [9.17, 15) is 4.79 Å². The van der Waals surface area contributed by atoms with E-state index in [1.807, 2.05) is 13.0 Å². The Labute approximate surface area is 47.8 Å². The van der Waals surface area contributed by atoms with Gasteiger partial charge in [0.15, 0.2) is 0 Å². The molecule has 0 aromatic heterocycles. The van der Waals surface area contributed by atoms with Crippen molar-refractivity contribution in [3.63, 3.8) is 0 Å². The average molecular weight is 112 g/mol. The molecule has 0 amide bonds. The van der Waals surface area contributed by atoms with Gasteiger partial charge in [-0.3, -0.25) is 4.79 Å². The minimum Gasteiger partial charge on any atom is -0.481 e. The van der Waals surface area contributed by atoms with E-state index in [0.29, 0.717) is 0 Å². The number of carboxylic acid groups (broad SMARTS) is 1. The Morgan fingerprint density at radius 3 is 2.75 bits per heavy atom. The SMILES string of the molecule is C/C=C1/CC1C(=O)O. The van der Waals surface area contributed by atoms with Gasteiger partial charge >= 0.3 is 5.97 Å². The van der Waals surface area contributed by atoms with E-state index in [1.54, 1.807) is 0 Å². The lowest BCUT2D eigenvalue weighted by molar-refractivity contribution is -0.138. The zero-order chi connectivity index (χ0) is 6.15. The quantitative estimate of drug-likeness (QED) is 0.514. The molecule has 1 unspecified atom stereocenters. The second-order valence-corrected chi connectivity index (χ2v) is 1.96. The summed E-state index contributed by atoms with van der Waals surface area (Å²) < 4.78 is 0. The molecule has 0 aromatic carbocycles. The van der Waals surface area contributed by atoms with Crippen molar-refractivity contribution < 1.29 is 9.90 Å². The van der Waals surface area contributed by atoms with Crippen LogP contribution in [0.1, 0.15) is 13.3 Å². The monoisotopic (exact) mass is 112 g/mol. The number of carbonyl (C=O) groups is 1. The van der Waals surface area contributed by atoms with Crippen molar-refractivity contribution in [2.24, 2.45) is 5.92 Å². The molecule has 1 rings (SSSR count). The van der Waals surface area contributed by atoms with Crippen molar-refractivity contribution in [2.75, 3.05) is 0 Å². The lowest BCUT2D eigenvalue weighted by Gasteiger charge is -1.77. The number of carboxylic acids is 1. The maximum atomic E-state index is 10.1. The Morgan fingerprint density at radius 2 is 2.62 bits per heavy atom. The lowest BCUT2D eigenvalue weighted by atomic mass is 10.4. The minimum absolute atomic E-state index is 0.139. The smallest absolute Gasteiger partial charge is 0.310 e. The van der Waals surface area contributed by atoms with Gasteiger partial charge in [0.05, 0.1) is 5.92 Å². The van der Waals surface area contributed by atoms with Crippen LogP contribution in [0.2, 0.25) is 0 Å². The van der Waals surface area contributed by atoms with Gasteiger partial charge in [0.25, 0.3) is 0 Å². The molecular weight excluding hydrogens is 104 g/mol. The molecule has 0 saturated heterocycles. The number of rotatable bonds is 1. The van der Waals surface area contributed by atoms with E-state index < -0.39 is 5.97 Å². The van der Waals surface area contributed by atoms with Gasteiger partial charge in [0.1, 0.15) is 0 Å². The molecule has 8 heavy (non-hydrogen) atoms.